The van der Waals surface area contributed by atoms with E-state index in [-0.39, 0.29) is 47.9 Å². The standard InChI is InChI=1S/C24H23Cl2FN2O5.CH4/c1-12(2)16-11-15(8-9-18(16)30)34-21-19(25)22(27)29-23(20(21)26)28-17(24(31)32)10-13-4-6-14(33-3)7-5-13;/h4-9,11-12,17,30H,10H2,1-3H3,(H,28,29)(H,31,32);1H4/t17-;/m1./s1. The molecule has 3 rings (SSSR count). The molecule has 0 saturated carbocycles. The molecule has 35 heavy (non-hydrogen) atoms. The smallest absolute Gasteiger partial charge is 0.326 e. The predicted octanol–water partition coefficient (Wildman–Crippen LogP) is 6.90. The van der Waals surface area contributed by atoms with Crippen molar-refractivity contribution in [1.29, 1.82) is 0 Å². The number of phenols is 1. The third-order valence-electron chi connectivity index (χ3n) is 5.05. The molecule has 0 aliphatic carbocycles. The summed E-state index contributed by atoms with van der Waals surface area (Å²) in [5.74, 6) is -1.76. The molecule has 10 heteroatoms. The van der Waals surface area contributed by atoms with Crippen LogP contribution in [0.3, 0.4) is 0 Å². The second-order valence-corrected chi connectivity index (χ2v) is 8.53. The van der Waals surface area contributed by atoms with Gasteiger partial charge in [0.1, 0.15) is 33.3 Å². The first-order valence-corrected chi connectivity index (χ1v) is 11.0. The summed E-state index contributed by atoms with van der Waals surface area (Å²) in [4.78, 5) is 15.6. The topological polar surface area (TPSA) is 101 Å². The van der Waals surface area contributed by atoms with E-state index < -0.39 is 23.0 Å². The van der Waals surface area contributed by atoms with Gasteiger partial charge in [-0.3, -0.25) is 0 Å². The van der Waals surface area contributed by atoms with E-state index >= 15 is 0 Å². The van der Waals surface area contributed by atoms with E-state index in [2.05, 4.69) is 10.3 Å². The number of ether oxygens (including phenoxy) is 2. The Balaban J connectivity index is 0.00000432. The number of aromatic nitrogens is 1. The number of aliphatic carboxylic acids is 1. The molecular formula is C25H27Cl2FN2O5. The molecule has 0 radical (unpaired) electrons. The Labute approximate surface area is 213 Å². The third-order valence-corrected chi connectivity index (χ3v) is 5.72. The number of carboxylic acids is 1. The van der Waals surface area contributed by atoms with Gasteiger partial charge in [0.05, 0.1) is 7.11 Å². The van der Waals surface area contributed by atoms with Gasteiger partial charge in [-0.25, -0.2) is 4.79 Å². The number of hydrogen-bond donors (Lipinski definition) is 3. The van der Waals surface area contributed by atoms with E-state index in [0.717, 1.165) is 0 Å². The van der Waals surface area contributed by atoms with E-state index in [0.29, 0.717) is 16.9 Å². The van der Waals surface area contributed by atoms with Crippen LogP contribution in [-0.2, 0) is 11.2 Å². The van der Waals surface area contributed by atoms with Crippen molar-refractivity contribution in [3.63, 3.8) is 0 Å². The zero-order valence-corrected chi connectivity index (χ0v) is 20.1. The lowest BCUT2D eigenvalue weighted by Gasteiger charge is -2.19. The van der Waals surface area contributed by atoms with E-state index in [1.54, 1.807) is 30.3 Å². The fourth-order valence-corrected chi connectivity index (χ4v) is 3.67. The molecule has 1 atom stereocenters. The second kappa shape index (κ2) is 12.0. The molecule has 0 aliphatic rings. The summed E-state index contributed by atoms with van der Waals surface area (Å²) in [6, 6.07) is 10.2. The fraction of sp³-hybridized carbons (Fsp3) is 0.280. The number of nitrogens with zero attached hydrogens (tertiary/aromatic N) is 1. The number of phenolic OH excluding ortho intramolecular Hbond substituents is 1. The molecule has 0 saturated heterocycles. The van der Waals surface area contributed by atoms with Crippen molar-refractivity contribution in [3.8, 4) is 23.0 Å². The van der Waals surface area contributed by atoms with Crippen molar-refractivity contribution >= 4 is 35.0 Å². The Bertz CT molecular complexity index is 1190. The Morgan fingerprint density at radius 1 is 1.11 bits per heavy atom. The van der Waals surface area contributed by atoms with Gasteiger partial charge in [0.2, 0.25) is 5.95 Å². The molecule has 0 unspecified atom stereocenters. The summed E-state index contributed by atoms with van der Waals surface area (Å²) < 4.78 is 25.4. The molecule has 3 N–H and O–H groups in total. The van der Waals surface area contributed by atoms with Crippen LogP contribution >= 0.6 is 23.2 Å². The summed E-state index contributed by atoms with van der Waals surface area (Å²) in [5, 5.41) is 21.7. The van der Waals surface area contributed by atoms with Crippen molar-refractivity contribution < 1.29 is 28.9 Å². The number of benzene rings is 2. The van der Waals surface area contributed by atoms with Gasteiger partial charge in [-0.2, -0.15) is 9.37 Å². The highest BCUT2D eigenvalue weighted by molar-refractivity contribution is 6.38. The van der Waals surface area contributed by atoms with Crippen molar-refractivity contribution in [2.24, 2.45) is 0 Å². The molecular weight excluding hydrogens is 498 g/mol. The monoisotopic (exact) mass is 524 g/mol. The van der Waals surface area contributed by atoms with Crippen LogP contribution in [0.25, 0.3) is 0 Å². The second-order valence-electron chi connectivity index (χ2n) is 7.77. The molecule has 0 aliphatic heterocycles. The zero-order valence-electron chi connectivity index (χ0n) is 18.6. The molecule has 0 bridgehead atoms. The average molecular weight is 525 g/mol. The lowest BCUT2D eigenvalue weighted by Crippen LogP contribution is -2.32. The number of carboxylic acid groups (broad SMARTS) is 1. The number of carbonyl (C=O) groups is 1. The van der Waals surface area contributed by atoms with Gasteiger partial charge in [0, 0.05) is 12.0 Å². The first kappa shape index (κ1) is 28.0. The minimum absolute atomic E-state index is 0. The molecule has 188 valence electrons. The lowest BCUT2D eigenvalue weighted by atomic mass is 10.0. The summed E-state index contributed by atoms with van der Waals surface area (Å²) in [5.41, 5.74) is 1.32. The van der Waals surface area contributed by atoms with Crippen LogP contribution in [0.2, 0.25) is 10.0 Å². The quantitative estimate of drug-likeness (QED) is 0.261. The Morgan fingerprint density at radius 3 is 2.31 bits per heavy atom. The van der Waals surface area contributed by atoms with Crippen LogP contribution in [0.15, 0.2) is 42.5 Å². The maximum absolute atomic E-state index is 14.5. The normalized spacial score (nSPS) is 11.5. The van der Waals surface area contributed by atoms with Gasteiger partial charge in [0.15, 0.2) is 11.6 Å². The van der Waals surface area contributed by atoms with Gasteiger partial charge >= 0.3 is 5.97 Å². The number of anilines is 1. The van der Waals surface area contributed by atoms with E-state index in [1.165, 1.54) is 19.2 Å². The van der Waals surface area contributed by atoms with Gasteiger partial charge in [0.25, 0.3) is 0 Å². The minimum atomic E-state index is -1.19. The number of nitrogens with one attached hydrogen (secondary N) is 1. The number of rotatable bonds is 9. The van der Waals surface area contributed by atoms with Crippen LogP contribution in [0.5, 0.6) is 23.0 Å². The minimum Gasteiger partial charge on any atom is -0.508 e. The predicted molar refractivity (Wildman–Crippen MR) is 135 cm³/mol. The fourth-order valence-electron chi connectivity index (χ4n) is 3.22. The third kappa shape index (κ3) is 6.68. The largest absolute Gasteiger partial charge is 0.508 e. The van der Waals surface area contributed by atoms with Gasteiger partial charge in [-0.05, 0) is 41.8 Å². The molecule has 1 aromatic heterocycles. The van der Waals surface area contributed by atoms with Gasteiger partial charge < -0.3 is 25.0 Å². The summed E-state index contributed by atoms with van der Waals surface area (Å²) in [7, 11) is 1.53. The first-order valence-electron chi connectivity index (χ1n) is 10.3. The highest BCUT2D eigenvalue weighted by Gasteiger charge is 2.25. The van der Waals surface area contributed by atoms with Crippen LogP contribution in [0, 0.1) is 5.95 Å². The number of hydrogen-bond acceptors (Lipinski definition) is 6. The molecule has 2 aromatic carbocycles. The molecule has 0 amide bonds. The SMILES string of the molecule is C.COc1ccc(C[C@@H](Nc2nc(F)c(Cl)c(Oc3ccc(O)c(C(C)C)c3)c2Cl)C(=O)O)cc1. The number of halogens is 3. The number of methoxy groups -OCH3 is 1. The number of pyridine rings is 1. The van der Waals surface area contributed by atoms with Crippen LogP contribution < -0.4 is 14.8 Å². The molecule has 7 nitrogen and oxygen atoms in total. The summed E-state index contributed by atoms with van der Waals surface area (Å²) in [6.07, 6.45) is 0.0630. The molecule has 0 spiro atoms. The Kier molecular flexibility index (Phi) is 9.56. The van der Waals surface area contributed by atoms with Crippen LogP contribution in [0.1, 0.15) is 38.3 Å². The van der Waals surface area contributed by atoms with Crippen molar-refractivity contribution in [1.82, 2.24) is 4.98 Å². The summed E-state index contributed by atoms with van der Waals surface area (Å²) >= 11 is 12.5. The van der Waals surface area contributed by atoms with E-state index in [9.17, 15) is 19.4 Å². The summed E-state index contributed by atoms with van der Waals surface area (Å²) in [6.45, 7) is 3.78. The van der Waals surface area contributed by atoms with E-state index in [4.69, 9.17) is 32.7 Å². The Morgan fingerprint density at radius 2 is 1.74 bits per heavy atom. The molecule has 3 aromatic rings. The van der Waals surface area contributed by atoms with Crippen molar-refractivity contribution in [2.75, 3.05) is 12.4 Å². The van der Waals surface area contributed by atoms with E-state index in [1.807, 2.05) is 13.8 Å². The highest BCUT2D eigenvalue weighted by Crippen LogP contribution is 2.42. The number of aromatic hydroxyl groups is 1. The van der Waals surface area contributed by atoms with Gasteiger partial charge in [-0.15, -0.1) is 0 Å². The van der Waals surface area contributed by atoms with Gasteiger partial charge in [-0.1, -0.05) is 56.6 Å². The maximum Gasteiger partial charge on any atom is 0.326 e. The molecule has 0 fully saturated rings. The molecule has 1 heterocycles. The zero-order chi connectivity index (χ0) is 25.0. The van der Waals surface area contributed by atoms with Crippen molar-refractivity contribution in [2.45, 2.75) is 39.7 Å². The van der Waals surface area contributed by atoms with Crippen LogP contribution in [-0.4, -0.2) is 34.3 Å². The van der Waals surface area contributed by atoms with Crippen LogP contribution in [0.4, 0.5) is 10.2 Å². The average Bonchev–Trinajstić information content (AvgIpc) is 2.80. The maximum atomic E-state index is 14.5. The van der Waals surface area contributed by atoms with Crippen molar-refractivity contribution in [3.05, 3.63) is 69.6 Å². The lowest BCUT2D eigenvalue weighted by molar-refractivity contribution is -0.137. The first-order chi connectivity index (χ1) is 16.1. The Hall–Kier alpha value is -3.23. The highest BCUT2D eigenvalue weighted by atomic mass is 35.5.